The molecule has 108 valence electrons. The molecule has 1 aromatic carbocycles. The molecule has 21 heavy (non-hydrogen) atoms. The van der Waals surface area contributed by atoms with E-state index in [4.69, 9.17) is 11.6 Å². The Morgan fingerprint density at radius 1 is 1.48 bits per heavy atom. The Hall–Kier alpha value is -1.83. The summed E-state index contributed by atoms with van der Waals surface area (Å²) in [5, 5.41) is 4.32. The smallest absolute Gasteiger partial charge is 0.331 e. The normalized spacial score (nSPS) is 12.7. The van der Waals surface area contributed by atoms with Crippen LogP contribution in [0.4, 0.5) is 0 Å². The van der Waals surface area contributed by atoms with Crippen LogP contribution in [0.5, 0.6) is 0 Å². The summed E-state index contributed by atoms with van der Waals surface area (Å²) in [5.74, 6) is 0.337. The van der Waals surface area contributed by atoms with Gasteiger partial charge in [-0.15, -0.1) is 5.10 Å². The zero-order valence-corrected chi connectivity index (χ0v) is 12.6. The fourth-order valence-corrected chi connectivity index (χ4v) is 3.62. The van der Waals surface area contributed by atoms with Gasteiger partial charge in [0.2, 0.25) is 10.7 Å². The van der Waals surface area contributed by atoms with Gasteiger partial charge in [-0.2, -0.15) is 9.50 Å². The van der Waals surface area contributed by atoms with E-state index in [1.165, 1.54) is 6.33 Å². The maximum absolute atomic E-state index is 12.7. The lowest BCUT2D eigenvalue weighted by Crippen LogP contribution is -2.26. The molecule has 0 fully saturated rings. The number of H-pyrrole nitrogens is 1. The van der Waals surface area contributed by atoms with Gasteiger partial charge in [-0.25, -0.2) is 0 Å². The van der Waals surface area contributed by atoms with Crippen LogP contribution in [0.15, 0.2) is 45.2 Å². The van der Waals surface area contributed by atoms with Crippen LogP contribution in [-0.2, 0) is 17.6 Å². The number of aromatic amines is 1. The van der Waals surface area contributed by atoms with Crippen molar-refractivity contribution in [2.24, 2.45) is 0 Å². The van der Waals surface area contributed by atoms with Crippen molar-refractivity contribution in [1.29, 1.82) is 0 Å². The lowest BCUT2D eigenvalue weighted by Gasteiger charge is -2.12. The minimum absolute atomic E-state index is 0.178. The number of hydrogen-bond acceptors (Lipinski definition) is 4. The van der Waals surface area contributed by atoms with Gasteiger partial charge in [0.05, 0.1) is 5.69 Å². The number of nitrogens with zero attached hydrogens (tertiary/aromatic N) is 3. The second-order valence-electron chi connectivity index (χ2n) is 4.31. The fourth-order valence-electron chi connectivity index (χ4n) is 2.03. The maximum atomic E-state index is 12.7. The Kier molecular flexibility index (Phi) is 3.71. The van der Waals surface area contributed by atoms with Crippen LogP contribution in [0, 0.1) is 0 Å². The van der Waals surface area contributed by atoms with Gasteiger partial charge >= 0.3 is 5.56 Å². The summed E-state index contributed by atoms with van der Waals surface area (Å²) in [4.78, 5) is 20.1. The Balaban J connectivity index is 2.23. The van der Waals surface area contributed by atoms with Crippen molar-refractivity contribution in [3.05, 3.63) is 51.7 Å². The number of nitrogens with one attached hydrogen (secondary N) is 1. The summed E-state index contributed by atoms with van der Waals surface area (Å²) in [6, 6.07) is 6.64. The number of benzene rings is 1. The summed E-state index contributed by atoms with van der Waals surface area (Å²) in [6.07, 6.45) is 1.80. The minimum atomic E-state index is -1.64. The van der Waals surface area contributed by atoms with Gasteiger partial charge in [-0.3, -0.25) is 4.79 Å². The van der Waals surface area contributed by atoms with Gasteiger partial charge in [0.25, 0.3) is 0 Å². The van der Waals surface area contributed by atoms with Gasteiger partial charge in [0.15, 0.2) is 4.90 Å². The molecule has 0 amide bonds. The molecule has 1 unspecified atom stereocenters. The molecule has 0 aliphatic rings. The molecule has 3 aromatic rings. The highest BCUT2D eigenvalue weighted by atomic mass is 35.5. The number of fused-ring (bicyclic) bond motifs is 1. The Labute approximate surface area is 128 Å². The molecule has 1 atom stereocenters. The van der Waals surface area contributed by atoms with Crippen LogP contribution in [0.3, 0.4) is 0 Å². The zero-order chi connectivity index (χ0) is 15.0. The first-order chi connectivity index (χ1) is 10.1. The number of aromatic nitrogens is 4. The van der Waals surface area contributed by atoms with Gasteiger partial charge < -0.3 is 9.54 Å². The molecule has 0 radical (unpaired) electrons. The van der Waals surface area contributed by atoms with E-state index in [-0.39, 0.29) is 4.90 Å². The van der Waals surface area contributed by atoms with E-state index in [1.807, 2.05) is 6.92 Å². The molecule has 1 N–H and O–H groups in total. The number of aryl methyl sites for hydroxylation is 1. The molecular weight excluding hydrogens is 312 g/mol. The molecule has 8 heteroatoms. The van der Waals surface area contributed by atoms with Crippen molar-refractivity contribution in [1.82, 2.24) is 19.6 Å². The molecule has 3 rings (SSSR count). The van der Waals surface area contributed by atoms with Crippen LogP contribution in [0.2, 0.25) is 5.02 Å². The van der Waals surface area contributed by atoms with Crippen LogP contribution in [0.25, 0.3) is 5.78 Å². The number of hydrogen-bond donors (Lipinski definition) is 1. The van der Waals surface area contributed by atoms with Crippen molar-refractivity contribution in [3.63, 3.8) is 0 Å². The molecule has 0 bridgehead atoms. The molecule has 2 heterocycles. The van der Waals surface area contributed by atoms with Crippen molar-refractivity contribution >= 4 is 28.6 Å². The number of rotatable bonds is 3. The first-order valence-electron chi connectivity index (χ1n) is 6.24. The topological polar surface area (TPSA) is 86.1 Å². The van der Waals surface area contributed by atoms with Crippen LogP contribution < -0.4 is 5.56 Å². The summed E-state index contributed by atoms with van der Waals surface area (Å²) < 4.78 is 13.8. The Bertz CT molecular complexity index is 861. The fraction of sp³-hybridized carbons (Fsp3) is 0.154. The average molecular weight is 323 g/mol. The van der Waals surface area contributed by atoms with E-state index < -0.39 is 16.7 Å². The quantitative estimate of drug-likeness (QED) is 0.745. The second kappa shape index (κ2) is 5.51. The second-order valence-corrected chi connectivity index (χ2v) is 6.17. The van der Waals surface area contributed by atoms with E-state index in [0.29, 0.717) is 27.8 Å². The Morgan fingerprint density at radius 2 is 2.29 bits per heavy atom. The zero-order valence-electron chi connectivity index (χ0n) is 11.0. The van der Waals surface area contributed by atoms with Gasteiger partial charge in [0, 0.05) is 22.3 Å². The molecule has 2 aromatic heterocycles. The van der Waals surface area contributed by atoms with Gasteiger partial charge in [-0.05, 0) is 18.6 Å². The highest BCUT2D eigenvalue weighted by molar-refractivity contribution is 7.91. The third kappa shape index (κ3) is 2.44. The summed E-state index contributed by atoms with van der Waals surface area (Å²) in [5.41, 5.74) is 0.148. The summed E-state index contributed by atoms with van der Waals surface area (Å²) in [7, 11) is 0. The summed E-state index contributed by atoms with van der Waals surface area (Å²) >= 11 is 4.28. The molecule has 0 saturated heterocycles. The summed E-state index contributed by atoms with van der Waals surface area (Å²) in [6.45, 7) is 1.87. The van der Waals surface area contributed by atoms with E-state index in [9.17, 15) is 9.35 Å². The standard InChI is InChI=1S/C13H11ClN4O2S/c1-2-10-11(12(19)18-13(17-10)15-7-16-18)21(20)9-5-3-4-8(14)6-9/h3-7H,2H2,1H3,(H,15,16,17). The highest BCUT2D eigenvalue weighted by Gasteiger charge is 2.26. The molecule has 6 nitrogen and oxygen atoms in total. The lowest BCUT2D eigenvalue weighted by atomic mass is 10.3. The molecule has 0 spiro atoms. The first-order valence-corrected chi connectivity index (χ1v) is 7.77. The Morgan fingerprint density at radius 3 is 3.00 bits per heavy atom. The van der Waals surface area contributed by atoms with Crippen molar-refractivity contribution < 1.29 is 4.55 Å². The number of halogens is 1. The maximum Gasteiger partial charge on any atom is 0.331 e. The predicted molar refractivity (Wildman–Crippen MR) is 79.1 cm³/mol. The van der Waals surface area contributed by atoms with E-state index in [2.05, 4.69) is 15.1 Å². The third-order valence-corrected chi connectivity index (χ3v) is 4.73. The third-order valence-electron chi connectivity index (χ3n) is 3.02. The van der Waals surface area contributed by atoms with Crippen molar-refractivity contribution in [3.8, 4) is 0 Å². The predicted octanol–water partition coefficient (Wildman–Crippen LogP) is 1.80. The van der Waals surface area contributed by atoms with E-state index >= 15 is 0 Å². The first kappa shape index (κ1) is 14.1. The van der Waals surface area contributed by atoms with Crippen LogP contribution in [0.1, 0.15) is 12.6 Å². The van der Waals surface area contributed by atoms with Crippen molar-refractivity contribution in [2.45, 2.75) is 23.1 Å². The monoisotopic (exact) mass is 322 g/mol. The van der Waals surface area contributed by atoms with Crippen LogP contribution in [-0.4, -0.2) is 24.1 Å². The van der Waals surface area contributed by atoms with Crippen molar-refractivity contribution in [2.75, 3.05) is 0 Å². The van der Waals surface area contributed by atoms with Crippen LogP contribution >= 0.6 is 11.6 Å². The minimum Gasteiger partial charge on any atom is -0.606 e. The molecular formula is C13H11ClN4O2S. The van der Waals surface area contributed by atoms with E-state index in [0.717, 1.165) is 4.52 Å². The molecule has 0 aliphatic carbocycles. The largest absolute Gasteiger partial charge is 0.606 e. The molecule has 0 aliphatic heterocycles. The SMILES string of the molecule is CCc1[nH]c2ncnn2c(=O)c1[S+]([O-])c1cccc(Cl)c1. The van der Waals surface area contributed by atoms with Gasteiger partial charge in [0.1, 0.15) is 6.33 Å². The van der Waals surface area contributed by atoms with E-state index in [1.54, 1.807) is 24.3 Å². The lowest BCUT2D eigenvalue weighted by molar-refractivity contribution is 0.590. The highest BCUT2D eigenvalue weighted by Crippen LogP contribution is 2.23. The average Bonchev–Trinajstić information content (AvgIpc) is 2.95. The molecule has 0 saturated carbocycles. The van der Waals surface area contributed by atoms with Gasteiger partial charge in [-0.1, -0.05) is 24.6 Å².